The van der Waals surface area contributed by atoms with Crippen LogP contribution in [0.15, 0.2) is 24.3 Å². The zero-order valence-electron chi connectivity index (χ0n) is 8.81. The molecule has 0 atom stereocenters. The summed E-state index contributed by atoms with van der Waals surface area (Å²) in [5.74, 6) is 0.837. The molecule has 0 spiro atoms. The molecule has 0 aromatic heterocycles. The van der Waals surface area contributed by atoms with Gasteiger partial charge < -0.3 is 4.74 Å². The van der Waals surface area contributed by atoms with Crippen LogP contribution < -0.4 is 4.74 Å². The first-order valence-corrected chi connectivity index (χ1v) is 4.97. The minimum Gasteiger partial charge on any atom is -0.497 e. The molecule has 15 heavy (non-hydrogen) atoms. The number of hydrogen-bond donors (Lipinski definition) is 0. The van der Waals surface area contributed by atoms with Crippen molar-refractivity contribution in [1.29, 1.82) is 0 Å². The van der Waals surface area contributed by atoms with Gasteiger partial charge in [-0.1, -0.05) is 12.1 Å². The highest BCUT2D eigenvalue weighted by atomic mass is 16.6. The Morgan fingerprint density at radius 1 is 1.27 bits per heavy atom. The quantitative estimate of drug-likeness (QED) is 0.410. The summed E-state index contributed by atoms with van der Waals surface area (Å²) < 4.78 is 5.04. The number of benzene rings is 1. The monoisotopic (exact) mass is 209 g/mol. The molecule has 0 aliphatic rings. The average molecular weight is 209 g/mol. The molecular weight excluding hydrogens is 194 g/mol. The van der Waals surface area contributed by atoms with Crippen LogP contribution in [-0.4, -0.2) is 18.6 Å². The van der Waals surface area contributed by atoms with Crippen molar-refractivity contribution in [3.05, 3.63) is 39.9 Å². The van der Waals surface area contributed by atoms with Crippen LogP contribution >= 0.6 is 0 Å². The van der Waals surface area contributed by atoms with Gasteiger partial charge in [-0.05, 0) is 30.5 Å². The normalized spacial score (nSPS) is 9.93. The Bertz CT molecular complexity index is 308. The molecule has 4 heteroatoms. The van der Waals surface area contributed by atoms with Gasteiger partial charge in [0, 0.05) is 11.3 Å². The summed E-state index contributed by atoms with van der Waals surface area (Å²) in [4.78, 5) is 9.81. The van der Waals surface area contributed by atoms with Crippen molar-refractivity contribution in [2.75, 3.05) is 13.7 Å². The van der Waals surface area contributed by atoms with E-state index in [1.807, 2.05) is 24.3 Å². The molecule has 0 heterocycles. The molecule has 1 rings (SSSR count). The van der Waals surface area contributed by atoms with E-state index in [-0.39, 0.29) is 11.5 Å². The van der Waals surface area contributed by atoms with E-state index in [1.54, 1.807) is 7.11 Å². The van der Waals surface area contributed by atoms with E-state index in [9.17, 15) is 10.1 Å². The van der Waals surface area contributed by atoms with Gasteiger partial charge in [0.25, 0.3) is 0 Å². The van der Waals surface area contributed by atoms with E-state index in [0.29, 0.717) is 6.42 Å². The van der Waals surface area contributed by atoms with Crippen LogP contribution in [0.2, 0.25) is 0 Å². The number of nitrogens with zero attached hydrogens (tertiary/aromatic N) is 1. The van der Waals surface area contributed by atoms with Gasteiger partial charge in [0.1, 0.15) is 5.75 Å². The maximum Gasteiger partial charge on any atom is 0.203 e. The number of unbranched alkanes of at least 4 members (excludes halogenated alkanes) is 1. The van der Waals surface area contributed by atoms with Crippen molar-refractivity contribution in [2.24, 2.45) is 0 Å². The molecule has 0 N–H and O–H groups in total. The lowest BCUT2D eigenvalue weighted by Crippen LogP contribution is -2.00. The SMILES string of the molecule is COc1ccc(CCCC[N+](=O)[O-])cc1. The summed E-state index contributed by atoms with van der Waals surface area (Å²) in [6.07, 6.45) is 2.38. The lowest BCUT2D eigenvalue weighted by atomic mass is 10.1. The molecule has 0 unspecified atom stereocenters. The van der Waals surface area contributed by atoms with Crippen LogP contribution in [-0.2, 0) is 6.42 Å². The average Bonchev–Trinajstić information content (AvgIpc) is 2.25. The van der Waals surface area contributed by atoms with Crippen molar-refractivity contribution in [3.63, 3.8) is 0 Å². The minimum atomic E-state index is -0.270. The predicted molar refractivity (Wildman–Crippen MR) is 57.8 cm³/mol. The van der Waals surface area contributed by atoms with E-state index in [2.05, 4.69) is 0 Å². The topological polar surface area (TPSA) is 52.4 Å². The summed E-state index contributed by atoms with van der Waals surface area (Å²) >= 11 is 0. The Kier molecular flexibility index (Phi) is 4.60. The second-order valence-electron chi connectivity index (χ2n) is 3.36. The fourth-order valence-electron chi connectivity index (χ4n) is 1.36. The molecule has 0 bridgehead atoms. The Labute approximate surface area is 89.0 Å². The first-order chi connectivity index (χ1) is 7.22. The van der Waals surface area contributed by atoms with Crippen LogP contribution in [0.1, 0.15) is 18.4 Å². The van der Waals surface area contributed by atoms with E-state index in [0.717, 1.165) is 18.6 Å². The minimum absolute atomic E-state index is 0.0656. The second-order valence-corrected chi connectivity index (χ2v) is 3.36. The first-order valence-electron chi connectivity index (χ1n) is 4.97. The predicted octanol–water partition coefficient (Wildman–Crippen LogP) is 2.29. The zero-order valence-corrected chi connectivity index (χ0v) is 8.81. The molecule has 0 saturated carbocycles. The highest BCUT2D eigenvalue weighted by Gasteiger charge is 1.98. The van der Waals surface area contributed by atoms with Crippen LogP contribution in [0.25, 0.3) is 0 Å². The first kappa shape index (κ1) is 11.5. The van der Waals surface area contributed by atoms with Crippen LogP contribution in [0.5, 0.6) is 5.75 Å². The highest BCUT2D eigenvalue weighted by Crippen LogP contribution is 2.12. The van der Waals surface area contributed by atoms with Crippen molar-refractivity contribution < 1.29 is 9.66 Å². The third-order valence-electron chi connectivity index (χ3n) is 2.22. The molecule has 1 aromatic rings. The highest BCUT2D eigenvalue weighted by molar-refractivity contribution is 5.27. The number of nitro groups is 1. The number of rotatable bonds is 6. The van der Waals surface area contributed by atoms with Gasteiger partial charge in [-0.3, -0.25) is 10.1 Å². The summed E-state index contributed by atoms with van der Waals surface area (Å²) in [5, 5.41) is 10.1. The molecule has 82 valence electrons. The Morgan fingerprint density at radius 2 is 1.93 bits per heavy atom. The van der Waals surface area contributed by atoms with Crippen molar-refractivity contribution >= 4 is 0 Å². The molecule has 0 saturated heterocycles. The van der Waals surface area contributed by atoms with E-state index >= 15 is 0 Å². The fourth-order valence-corrected chi connectivity index (χ4v) is 1.36. The largest absolute Gasteiger partial charge is 0.497 e. The Morgan fingerprint density at radius 3 is 2.47 bits per heavy atom. The molecule has 0 fully saturated rings. The maximum atomic E-state index is 10.1. The fraction of sp³-hybridized carbons (Fsp3) is 0.455. The molecule has 1 aromatic carbocycles. The molecule has 0 amide bonds. The summed E-state index contributed by atoms with van der Waals surface area (Å²) in [7, 11) is 1.63. The van der Waals surface area contributed by atoms with Gasteiger partial charge in [0.15, 0.2) is 0 Å². The standard InChI is InChI=1S/C11H15NO3/c1-15-11-7-5-10(6-8-11)4-2-3-9-12(13)14/h5-8H,2-4,9H2,1H3. The third kappa shape index (κ3) is 4.44. The molecule has 4 nitrogen and oxygen atoms in total. The van der Waals surface area contributed by atoms with Gasteiger partial charge in [0.05, 0.1) is 7.11 Å². The van der Waals surface area contributed by atoms with Gasteiger partial charge >= 0.3 is 0 Å². The van der Waals surface area contributed by atoms with E-state index in [1.165, 1.54) is 5.56 Å². The van der Waals surface area contributed by atoms with Gasteiger partial charge in [0.2, 0.25) is 6.54 Å². The van der Waals surface area contributed by atoms with Crippen molar-refractivity contribution in [1.82, 2.24) is 0 Å². The second kappa shape index (κ2) is 6.01. The third-order valence-corrected chi connectivity index (χ3v) is 2.22. The van der Waals surface area contributed by atoms with Gasteiger partial charge in [-0.2, -0.15) is 0 Å². The number of ether oxygens (including phenoxy) is 1. The summed E-state index contributed by atoms with van der Waals surface area (Å²) in [6, 6.07) is 7.79. The van der Waals surface area contributed by atoms with E-state index < -0.39 is 0 Å². The van der Waals surface area contributed by atoms with Crippen LogP contribution in [0, 0.1) is 10.1 Å². The molecule has 0 radical (unpaired) electrons. The summed E-state index contributed by atoms with van der Waals surface area (Å²) in [5.41, 5.74) is 1.19. The summed E-state index contributed by atoms with van der Waals surface area (Å²) in [6.45, 7) is 0.0656. The Balaban J connectivity index is 2.28. The molecule has 0 aliphatic heterocycles. The number of methoxy groups -OCH3 is 1. The van der Waals surface area contributed by atoms with Gasteiger partial charge in [-0.15, -0.1) is 0 Å². The van der Waals surface area contributed by atoms with Crippen molar-refractivity contribution in [2.45, 2.75) is 19.3 Å². The molecular formula is C11H15NO3. The van der Waals surface area contributed by atoms with Gasteiger partial charge in [-0.25, -0.2) is 0 Å². The van der Waals surface area contributed by atoms with Crippen LogP contribution in [0.4, 0.5) is 0 Å². The lowest BCUT2D eigenvalue weighted by Gasteiger charge is -2.02. The number of hydrogen-bond acceptors (Lipinski definition) is 3. The number of aryl methyl sites for hydroxylation is 1. The zero-order chi connectivity index (χ0) is 11.1. The van der Waals surface area contributed by atoms with Crippen LogP contribution in [0.3, 0.4) is 0 Å². The van der Waals surface area contributed by atoms with E-state index in [4.69, 9.17) is 4.74 Å². The smallest absolute Gasteiger partial charge is 0.203 e. The maximum absolute atomic E-state index is 10.1. The van der Waals surface area contributed by atoms with Crippen molar-refractivity contribution in [3.8, 4) is 5.75 Å². The molecule has 0 aliphatic carbocycles. The Hall–Kier alpha value is -1.58. The lowest BCUT2D eigenvalue weighted by molar-refractivity contribution is -0.480.